The highest BCUT2D eigenvalue weighted by Gasteiger charge is 2.04. The molecule has 2 N–H and O–H groups in total. The molecule has 100 valence electrons. The van der Waals surface area contributed by atoms with E-state index in [4.69, 9.17) is 0 Å². The third-order valence-electron chi connectivity index (χ3n) is 2.90. The van der Waals surface area contributed by atoms with Gasteiger partial charge in [0.15, 0.2) is 0 Å². The number of carbonyl (C=O) groups excluding carboxylic acids is 1. The molecule has 0 fully saturated rings. The van der Waals surface area contributed by atoms with Gasteiger partial charge in [-0.2, -0.15) is 0 Å². The topological polar surface area (TPSA) is 54.0 Å². The number of likely N-dealkylation sites (N-methyl/N-ethyl adjacent to an activating group) is 1. The van der Waals surface area contributed by atoms with Gasteiger partial charge in [-0.25, -0.2) is 0 Å². The Morgan fingerprint density at radius 2 is 2.11 bits per heavy atom. The predicted molar refractivity (Wildman–Crippen MR) is 76.9 cm³/mol. The molecule has 2 rings (SSSR count). The van der Waals surface area contributed by atoms with E-state index in [2.05, 4.69) is 27.8 Å². The van der Waals surface area contributed by atoms with Crippen LogP contribution in [0.25, 0.3) is 10.9 Å². The molecule has 4 nitrogen and oxygen atoms in total. The Hall–Kier alpha value is -1.94. The van der Waals surface area contributed by atoms with Gasteiger partial charge in [-0.3, -0.25) is 9.78 Å². The summed E-state index contributed by atoms with van der Waals surface area (Å²) in [5.41, 5.74) is 3.17. The second kappa shape index (κ2) is 6.29. The lowest BCUT2D eigenvalue weighted by atomic mass is 10.1. The van der Waals surface area contributed by atoms with Gasteiger partial charge in [0.1, 0.15) is 0 Å². The minimum Gasteiger partial charge on any atom is -0.355 e. The van der Waals surface area contributed by atoms with Crippen molar-refractivity contribution in [3.8, 4) is 0 Å². The summed E-state index contributed by atoms with van der Waals surface area (Å²) in [5.74, 6) is 0.0255. The van der Waals surface area contributed by atoms with Crippen molar-refractivity contribution in [3.05, 3.63) is 41.6 Å². The van der Waals surface area contributed by atoms with Gasteiger partial charge in [0.2, 0.25) is 5.91 Å². The van der Waals surface area contributed by atoms with E-state index >= 15 is 0 Å². The van der Waals surface area contributed by atoms with Crippen molar-refractivity contribution in [3.63, 3.8) is 0 Å². The molecular formula is C15H19N3O. The van der Waals surface area contributed by atoms with Gasteiger partial charge in [0.05, 0.1) is 12.1 Å². The van der Waals surface area contributed by atoms with Crippen LogP contribution in [0.2, 0.25) is 0 Å². The molecule has 1 amide bonds. The van der Waals surface area contributed by atoms with E-state index in [0.717, 1.165) is 16.6 Å². The standard InChI is InChI=1S/C15H19N3O/c1-3-17-15(19)10-16-9-12-8-11(2)18-14-7-5-4-6-13(12)14/h4-8,16H,3,9-10H2,1-2H3,(H,17,19). The highest BCUT2D eigenvalue weighted by atomic mass is 16.1. The first-order valence-corrected chi connectivity index (χ1v) is 6.53. The lowest BCUT2D eigenvalue weighted by Gasteiger charge is -2.09. The molecule has 0 bridgehead atoms. The van der Waals surface area contributed by atoms with E-state index in [1.54, 1.807) is 0 Å². The Morgan fingerprint density at radius 1 is 1.32 bits per heavy atom. The van der Waals surface area contributed by atoms with Crippen LogP contribution in [-0.4, -0.2) is 24.0 Å². The smallest absolute Gasteiger partial charge is 0.233 e. The summed E-state index contributed by atoms with van der Waals surface area (Å²) in [5, 5.41) is 7.07. The first-order chi connectivity index (χ1) is 9.20. The largest absolute Gasteiger partial charge is 0.355 e. The number of aromatic nitrogens is 1. The molecule has 0 saturated carbocycles. The molecule has 0 spiro atoms. The maximum absolute atomic E-state index is 11.4. The average molecular weight is 257 g/mol. The molecule has 19 heavy (non-hydrogen) atoms. The zero-order valence-electron chi connectivity index (χ0n) is 11.4. The SMILES string of the molecule is CCNC(=O)CNCc1cc(C)nc2ccccc12. The number of amides is 1. The summed E-state index contributed by atoms with van der Waals surface area (Å²) < 4.78 is 0. The Balaban J connectivity index is 2.10. The van der Waals surface area contributed by atoms with E-state index in [0.29, 0.717) is 19.6 Å². The molecule has 0 aliphatic heterocycles. The number of benzene rings is 1. The molecule has 0 radical (unpaired) electrons. The number of rotatable bonds is 5. The third kappa shape index (κ3) is 3.51. The average Bonchev–Trinajstić information content (AvgIpc) is 2.38. The van der Waals surface area contributed by atoms with Gasteiger partial charge >= 0.3 is 0 Å². The molecule has 0 saturated heterocycles. The van der Waals surface area contributed by atoms with Gasteiger partial charge in [-0.15, -0.1) is 0 Å². The molecule has 1 aromatic heterocycles. The fourth-order valence-electron chi connectivity index (χ4n) is 2.11. The van der Waals surface area contributed by atoms with Crippen molar-refractivity contribution in [1.29, 1.82) is 0 Å². The van der Waals surface area contributed by atoms with E-state index < -0.39 is 0 Å². The number of hydrogen-bond donors (Lipinski definition) is 2. The second-order valence-corrected chi connectivity index (χ2v) is 4.50. The van der Waals surface area contributed by atoms with Gasteiger partial charge < -0.3 is 10.6 Å². The maximum Gasteiger partial charge on any atom is 0.233 e. The fourth-order valence-corrected chi connectivity index (χ4v) is 2.11. The van der Waals surface area contributed by atoms with Gasteiger partial charge in [0, 0.05) is 24.2 Å². The van der Waals surface area contributed by atoms with Gasteiger partial charge in [-0.05, 0) is 31.5 Å². The summed E-state index contributed by atoms with van der Waals surface area (Å²) >= 11 is 0. The normalized spacial score (nSPS) is 10.6. The number of hydrogen-bond acceptors (Lipinski definition) is 3. The van der Waals surface area contributed by atoms with Crippen LogP contribution in [0.3, 0.4) is 0 Å². The first kappa shape index (κ1) is 13.5. The number of carbonyl (C=O) groups is 1. The first-order valence-electron chi connectivity index (χ1n) is 6.53. The Morgan fingerprint density at radius 3 is 2.89 bits per heavy atom. The van der Waals surface area contributed by atoms with Crippen molar-refractivity contribution in [2.75, 3.05) is 13.1 Å². The Kier molecular flexibility index (Phi) is 4.47. The summed E-state index contributed by atoms with van der Waals surface area (Å²) in [6.07, 6.45) is 0. The van der Waals surface area contributed by atoms with Crippen LogP contribution in [0, 0.1) is 6.92 Å². The van der Waals surface area contributed by atoms with Crippen LogP contribution in [0.5, 0.6) is 0 Å². The highest BCUT2D eigenvalue weighted by Crippen LogP contribution is 2.17. The number of para-hydroxylation sites is 1. The van der Waals surface area contributed by atoms with E-state index in [1.165, 1.54) is 5.56 Å². The molecule has 0 unspecified atom stereocenters. The van der Waals surface area contributed by atoms with Crippen molar-refractivity contribution >= 4 is 16.8 Å². The maximum atomic E-state index is 11.4. The molecular weight excluding hydrogens is 238 g/mol. The third-order valence-corrected chi connectivity index (χ3v) is 2.90. The summed E-state index contributed by atoms with van der Waals surface area (Å²) in [4.78, 5) is 15.9. The number of pyridine rings is 1. The Bertz CT molecular complexity index is 581. The van der Waals surface area contributed by atoms with E-state index in [-0.39, 0.29) is 5.91 Å². The molecule has 4 heteroatoms. The van der Waals surface area contributed by atoms with Crippen molar-refractivity contribution in [2.45, 2.75) is 20.4 Å². The van der Waals surface area contributed by atoms with Crippen LogP contribution >= 0.6 is 0 Å². The summed E-state index contributed by atoms with van der Waals surface area (Å²) in [7, 11) is 0. The molecule has 1 aromatic carbocycles. The molecule has 0 aliphatic carbocycles. The van der Waals surface area contributed by atoms with Gasteiger partial charge in [0.25, 0.3) is 0 Å². The van der Waals surface area contributed by atoms with Crippen molar-refractivity contribution in [1.82, 2.24) is 15.6 Å². The number of aryl methyl sites for hydroxylation is 1. The van der Waals surface area contributed by atoms with Crippen LogP contribution in [-0.2, 0) is 11.3 Å². The molecule has 1 heterocycles. The number of nitrogens with zero attached hydrogens (tertiary/aromatic N) is 1. The van der Waals surface area contributed by atoms with Crippen molar-refractivity contribution < 1.29 is 4.79 Å². The predicted octanol–water partition coefficient (Wildman–Crippen LogP) is 1.77. The van der Waals surface area contributed by atoms with Gasteiger partial charge in [-0.1, -0.05) is 18.2 Å². The summed E-state index contributed by atoms with van der Waals surface area (Å²) in [6.45, 7) is 5.57. The molecule has 0 aliphatic rings. The van der Waals surface area contributed by atoms with Crippen LogP contribution < -0.4 is 10.6 Å². The quantitative estimate of drug-likeness (QED) is 0.858. The van der Waals surface area contributed by atoms with Crippen LogP contribution in [0.4, 0.5) is 0 Å². The second-order valence-electron chi connectivity index (χ2n) is 4.50. The summed E-state index contributed by atoms with van der Waals surface area (Å²) in [6, 6.07) is 10.1. The lowest BCUT2D eigenvalue weighted by molar-refractivity contribution is -0.120. The fraction of sp³-hybridized carbons (Fsp3) is 0.333. The van der Waals surface area contributed by atoms with Crippen molar-refractivity contribution in [2.24, 2.45) is 0 Å². The zero-order chi connectivity index (χ0) is 13.7. The monoisotopic (exact) mass is 257 g/mol. The molecule has 0 atom stereocenters. The minimum atomic E-state index is 0.0255. The molecule has 2 aromatic rings. The lowest BCUT2D eigenvalue weighted by Crippen LogP contribution is -2.33. The van der Waals surface area contributed by atoms with E-state index in [9.17, 15) is 4.79 Å². The minimum absolute atomic E-state index is 0.0255. The Labute approximate surface area is 113 Å². The number of nitrogens with one attached hydrogen (secondary N) is 2. The highest BCUT2D eigenvalue weighted by molar-refractivity contribution is 5.82. The zero-order valence-corrected chi connectivity index (χ0v) is 11.4. The van der Waals surface area contributed by atoms with Crippen LogP contribution in [0.1, 0.15) is 18.2 Å². The number of fused-ring (bicyclic) bond motifs is 1. The van der Waals surface area contributed by atoms with Crippen LogP contribution in [0.15, 0.2) is 30.3 Å². The van der Waals surface area contributed by atoms with E-state index in [1.807, 2.05) is 32.0 Å².